The van der Waals surface area contributed by atoms with Gasteiger partial charge in [-0.25, -0.2) is 9.93 Å². The largest absolute Gasteiger partial charge is 0.490 e. The maximum atomic E-state index is 11.7. The Morgan fingerprint density at radius 2 is 1.92 bits per heavy atom. The van der Waals surface area contributed by atoms with E-state index in [1.165, 1.54) is 23.1 Å². The molecule has 4 N–H and O–H groups in total. The van der Waals surface area contributed by atoms with Crippen LogP contribution in [0.4, 0.5) is 10.5 Å². The molecule has 0 fully saturated rings. The number of hydrogen-bond donors (Lipinski definition) is 3. The molecule has 10 heteroatoms. The Hall–Kier alpha value is -2.51. The zero-order valence-corrected chi connectivity index (χ0v) is 16.2. The Kier molecular flexibility index (Phi) is 6.12. The molecule has 0 atom stereocenters. The predicted octanol–water partition coefficient (Wildman–Crippen LogP) is 2.11. The third-order valence-electron chi connectivity index (χ3n) is 3.44. The summed E-state index contributed by atoms with van der Waals surface area (Å²) < 4.78 is 30.2. The second-order valence-corrected chi connectivity index (χ2v) is 8.62. The van der Waals surface area contributed by atoms with E-state index in [1.54, 1.807) is 34.6 Å². The van der Waals surface area contributed by atoms with E-state index in [1.807, 2.05) is 10.8 Å². The van der Waals surface area contributed by atoms with Crippen molar-refractivity contribution in [2.24, 2.45) is 5.14 Å². The minimum atomic E-state index is -4.06. The molecule has 9 nitrogen and oxygen atoms in total. The summed E-state index contributed by atoms with van der Waals surface area (Å²) in [5.74, 6) is 0.119. The fourth-order valence-electron chi connectivity index (χ4n) is 2.78. The number of nitrogens with two attached hydrogens (primary N) is 1. The normalized spacial score (nSPS) is 12.2. The highest BCUT2D eigenvalue weighted by atomic mass is 32.2. The van der Waals surface area contributed by atoms with Crippen molar-refractivity contribution in [1.82, 2.24) is 4.90 Å². The maximum absolute atomic E-state index is 11.7. The van der Waals surface area contributed by atoms with E-state index in [9.17, 15) is 23.6 Å². The molecule has 1 amide bonds. The van der Waals surface area contributed by atoms with Crippen LogP contribution in [0, 0.1) is 11.3 Å². The molecule has 1 aromatic carbocycles. The fourth-order valence-corrected chi connectivity index (χ4v) is 3.25. The van der Waals surface area contributed by atoms with Crippen LogP contribution in [0.5, 0.6) is 5.75 Å². The summed E-state index contributed by atoms with van der Waals surface area (Å²) in [5, 5.41) is 23.8. The van der Waals surface area contributed by atoms with Gasteiger partial charge in [0.1, 0.15) is 24.0 Å². The quantitative estimate of drug-likeness (QED) is 0.684. The molecule has 0 aliphatic carbocycles. The number of carbonyl (C=O) groups is 1. The molecule has 1 aromatic rings. The zero-order valence-electron chi connectivity index (χ0n) is 15.4. The van der Waals surface area contributed by atoms with Gasteiger partial charge in [-0.2, -0.15) is 13.7 Å². The SMILES string of the molecule is CC(C)(C)N(C(=O)O)C(C)(C)COc1cccc(NS(N)(=O)=O)c1C#N. The standard InChI is InChI=1S/C16H24N4O5S/c1-15(2,3)20(14(21)22)16(4,5)10-25-13-8-6-7-12(11(13)9-17)19-26(18,23)24/h6-8,19H,10H2,1-5H3,(H,21,22)(H2,18,23,24). The van der Waals surface area contributed by atoms with E-state index in [2.05, 4.69) is 0 Å². The molecule has 0 aromatic heterocycles. The molecule has 0 saturated heterocycles. The summed E-state index contributed by atoms with van der Waals surface area (Å²) in [6.07, 6.45) is -1.10. The van der Waals surface area contributed by atoms with Crippen LogP contribution in [0.25, 0.3) is 0 Å². The molecule has 0 aliphatic rings. The van der Waals surface area contributed by atoms with Gasteiger partial charge in [-0.3, -0.25) is 9.62 Å². The van der Waals surface area contributed by atoms with Gasteiger partial charge in [0.2, 0.25) is 0 Å². The van der Waals surface area contributed by atoms with Crippen LogP contribution in [0.15, 0.2) is 18.2 Å². The van der Waals surface area contributed by atoms with Gasteiger partial charge in [0.25, 0.3) is 10.2 Å². The summed E-state index contributed by atoms with van der Waals surface area (Å²) in [6, 6.07) is 6.23. The van der Waals surface area contributed by atoms with Gasteiger partial charge in [0.15, 0.2) is 0 Å². The van der Waals surface area contributed by atoms with Gasteiger partial charge in [-0.1, -0.05) is 6.07 Å². The molecule has 0 saturated carbocycles. The highest BCUT2D eigenvalue weighted by molar-refractivity contribution is 7.90. The first-order chi connectivity index (χ1) is 11.7. The van der Waals surface area contributed by atoms with Crippen LogP contribution in [0.1, 0.15) is 40.2 Å². The summed E-state index contributed by atoms with van der Waals surface area (Å²) in [5.41, 5.74) is -1.65. The van der Waals surface area contributed by atoms with Crippen molar-refractivity contribution in [2.75, 3.05) is 11.3 Å². The predicted molar refractivity (Wildman–Crippen MR) is 97.1 cm³/mol. The number of benzene rings is 1. The first-order valence-corrected chi connectivity index (χ1v) is 9.23. The highest BCUT2D eigenvalue weighted by Gasteiger charge is 2.39. The van der Waals surface area contributed by atoms with Crippen molar-refractivity contribution >= 4 is 22.0 Å². The number of nitrogens with one attached hydrogen (secondary N) is 1. The lowest BCUT2D eigenvalue weighted by Crippen LogP contribution is -2.59. The van der Waals surface area contributed by atoms with Crippen LogP contribution < -0.4 is 14.6 Å². The summed E-state index contributed by atoms with van der Waals surface area (Å²) in [4.78, 5) is 12.9. The lowest BCUT2D eigenvalue weighted by molar-refractivity contribution is 0.00938. The Morgan fingerprint density at radius 3 is 2.35 bits per heavy atom. The molecule has 0 spiro atoms. The van der Waals surface area contributed by atoms with E-state index in [0.717, 1.165) is 0 Å². The average molecular weight is 384 g/mol. The fraction of sp³-hybridized carbons (Fsp3) is 0.500. The first-order valence-electron chi connectivity index (χ1n) is 7.69. The molecule has 0 radical (unpaired) electrons. The third-order valence-corrected chi connectivity index (χ3v) is 3.94. The van der Waals surface area contributed by atoms with Crippen LogP contribution >= 0.6 is 0 Å². The minimum Gasteiger partial charge on any atom is -0.490 e. The Bertz CT molecular complexity index is 822. The second-order valence-electron chi connectivity index (χ2n) is 7.33. The summed E-state index contributed by atoms with van der Waals surface area (Å²) in [7, 11) is -4.06. The molecular formula is C16H24N4O5S. The minimum absolute atomic E-state index is 0.0174. The van der Waals surface area contributed by atoms with Crippen LogP contribution in [0.2, 0.25) is 0 Å². The van der Waals surface area contributed by atoms with Crippen molar-refractivity contribution in [1.29, 1.82) is 5.26 Å². The van der Waals surface area contributed by atoms with Gasteiger partial charge in [-0.05, 0) is 46.8 Å². The highest BCUT2D eigenvalue weighted by Crippen LogP contribution is 2.30. The monoisotopic (exact) mass is 384 g/mol. The van der Waals surface area contributed by atoms with Crippen LogP contribution in [-0.2, 0) is 10.2 Å². The molecule has 0 unspecified atom stereocenters. The summed E-state index contributed by atoms with van der Waals surface area (Å²) in [6.45, 7) is 8.64. The van der Waals surface area contributed by atoms with Crippen molar-refractivity contribution in [3.63, 3.8) is 0 Å². The molecular weight excluding hydrogens is 360 g/mol. The lowest BCUT2D eigenvalue weighted by Gasteiger charge is -2.44. The lowest BCUT2D eigenvalue weighted by atomic mass is 9.96. The summed E-state index contributed by atoms with van der Waals surface area (Å²) >= 11 is 0. The zero-order chi connectivity index (χ0) is 20.3. The smallest absolute Gasteiger partial charge is 0.408 e. The third kappa shape index (κ3) is 5.50. The van der Waals surface area contributed by atoms with Crippen molar-refractivity contribution in [2.45, 2.75) is 45.7 Å². The molecule has 0 heterocycles. The van der Waals surface area contributed by atoms with E-state index in [0.29, 0.717) is 0 Å². The Labute approximate surface area is 153 Å². The average Bonchev–Trinajstić information content (AvgIpc) is 2.41. The van der Waals surface area contributed by atoms with Gasteiger partial charge >= 0.3 is 6.09 Å². The van der Waals surface area contributed by atoms with Crippen LogP contribution in [0.3, 0.4) is 0 Å². The Balaban J connectivity index is 3.15. The second kappa shape index (κ2) is 7.39. The van der Waals surface area contributed by atoms with E-state index < -0.39 is 27.4 Å². The van der Waals surface area contributed by atoms with Crippen molar-refractivity contribution < 1.29 is 23.1 Å². The molecule has 1 rings (SSSR count). The molecule has 0 bridgehead atoms. The topological polar surface area (TPSA) is 146 Å². The number of ether oxygens (including phenoxy) is 1. The van der Waals surface area contributed by atoms with Gasteiger partial charge in [0.05, 0.1) is 11.2 Å². The number of nitrogens with zero attached hydrogens (tertiary/aromatic N) is 2. The number of nitriles is 1. The Morgan fingerprint density at radius 1 is 1.35 bits per heavy atom. The van der Waals surface area contributed by atoms with Crippen molar-refractivity contribution in [3.8, 4) is 11.8 Å². The van der Waals surface area contributed by atoms with E-state index in [-0.39, 0.29) is 23.6 Å². The van der Waals surface area contributed by atoms with E-state index >= 15 is 0 Å². The maximum Gasteiger partial charge on any atom is 0.408 e. The number of anilines is 1. The van der Waals surface area contributed by atoms with Crippen molar-refractivity contribution in [3.05, 3.63) is 23.8 Å². The number of carboxylic acid groups (broad SMARTS) is 1. The molecule has 26 heavy (non-hydrogen) atoms. The molecule has 0 aliphatic heterocycles. The number of hydrogen-bond acceptors (Lipinski definition) is 5. The first kappa shape index (κ1) is 21.5. The van der Waals surface area contributed by atoms with Gasteiger partial charge in [0, 0.05) is 5.54 Å². The van der Waals surface area contributed by atoms with Gasteiger partial charge < -0.3 is 9.84 Å². The molecule has 144 valence electrons. The number of rotatable bonds is 6. The van der Waals surface area contributed by atoms with Crippen LogP contribution in [-0.4, -0.2) is 42.2 Å². The van der Waals surface area contributed by atoms with Gasteiger partial charge in [-0.15, -0.1) is 0 Å². The number of amides is 1. The van der Waals surface area contributed by atoms with E-state index in [4.69, 9.17) is 9.88 Å².